The molecule has 2 N–H and O–H groups in total. The standard InChI is InChI=1S/C22H21Cl2N3O2/c23-17-6-4-15(5-7-17)20-19(13-26-27-20)21(28)25-14-22(8-10-29-11-9-22)16-2-1-3-18(24)12-16/h1-7,12-13H,8-11,14H2,(H,25,28)(H,26,27). The highest BCUT2D eigenvalue weighted by Gasteiger charge is 2.35. The molecular weight excluding hydrogens is 409 g/mol. The summed E-state index contributed by atoms with van der Waals surface area (Å²) in [6.07, 6.45) is 3.20. The van der Waals surface area contributed by atoms with Crippen molar-refractivity contribution >= 4 is 29.1 Å². The van der Waals surface area contributed by atoms with Gasteiger partial charge in [0.15, 0.2) is 0 Å². The van der Waals surface area contributed by atoms with Crippen LogP contribution in [-0.4, -0.2) is 35.9 Å². The summed E-state index contributed by atoms with van der Waals surface area (Å²) in [4.78, 5) is 13.0. The van der Waals surface area contributed by atoms with Gasteiger partial charge in [0.1, 0.15) is 0 Å². The first-order chi connectivity index (χ1) is 14.1. The number of carbonyl (C=O) groups excluding carboxylic acids is 1. The Morgan fingerprint density at radius 3 is 2.59 bits per heavy atom. The summed E-state index contributed by atoms with van der Waals surface area (Å²) in [5.74, 6) is -0.170. The van der Waals surface area contributed by atoms with Crippen LogP contribution in [-0.2, 0) is 10.2 Å². The average molecular weight is 430 g/mol. The molecule has 0 aliphatic carbocycles. The lowest BCUT2D eigenvalue weighted by Gasteiger charge is -2.38. The van der Waals surface area contributed by atoms with Crippen molar-refractivity contribution < 1.29 is 9.53 Å². The van der Waals surface area contributed by atoms with E-state index in [4.69, 9.17) is 27.9 Å². The van der Waals surface area contributed by atoms with Crippen LogP contribution in [0.2, 0.25) is 10.0 Å². The molecule has 7 heteroatoms. The van der Waals surface area contributed by atoms with E-state index in [1.54, 1.807) is 18.3 Å². The third-order valence-corrected chi connectivity index (χ3v) is 5.98. The van der Waals surface area contributed by atoms with E-state index in [0.717, 1.165) is 24.0 Å². The van der Waals surface area contributed by atoms with Crippen molar-refractivity contribution in [3.8, 4) is 11.3 Å². The van der Waals surface area contributed by atoms with Gasteiger partial charge in [-0.3, -0.25) is 9.89 Å². The van der Waals surface area contributed by atoms with Gasteiger partial charge in [-0.1, -0.05) is 47.5 Å². The number of aromatic nitrogens is 2. The van der Waals surface area contributed by atoms with Gasteiger partial charge in [0.2, 0.25) is 0 Å². The third kappa shape index (κ3) is 4.32. The monoisotopic (exact) mass is 429 g/mol. The molecule has 5 nitrogen and oxygen atoms in total. The average Bonchev–Trinajstić information content (AvgIpc) is 3.23. The maximum atomic E-state index is 13.0. The summed E-state index contributed by atoms with van der Waals surface area (Å²) in [7, 11) is 0. The minimum Gasteiger partial charge on any atom is -0.381 e. The van der Waals surface area contributed by atoms with E-state index in [1.165, 1.54) is 0 Å². The Bertz CT molecular complexity index is 995. The second kappa shape index (κ2) is 8.57. The van der Waals surface area contributed by atoms with Crippen molar-refractivity contribution in [2.75, 3.05) is 19.8 Å². The van der Waals surface area contributed by atoms with Gasteiger partial charge in [-0.05, 0) is 42.7 Å². The number of halogens is 2. The second-order valence-electron chi connectivity index (χ2n) is 7.25. The molecule has 2 heterocycles. The summed E-state index contributed by atoms with van der Waals surface area (Å²) >= 11 is 12.2. The fourth-order valence-corrected chi connectivity index (χ4v) is 4.10. The van der Waals surface area contributed by atoms with E-state index in [0.29, 0.717) is 41.1 Å². The molecule has 1 aromatic heterocycles. The van der Waals surface area contributed by atoms with Gasteiger partial charge in [0.05, 0.1) is 17.5 Å². The molecule has 3 aromatic rings. The van der Waals surface area contributed by atoms with E-state index >= 15 is 0 Å². The number of carbonyl (C=O) groups is 1. The van der Waals surface area contributed by atoms with Crippen LogP contribution < -0.4 is 5.32 Å². The Labute approximate surface area is 179 Å². The zero-order valence-corrected chi connectivity index (χ0v) is 17.3. The molecule has 1 aliphatic heterocycles. The molecule has 0 spiro atoms. The van der Waals surface area contributed by atoms with E-state index in [-0.39, 0.29) is 11.3 Å². The highest BCUT2D eigenvalue weighted by atomic mass is 35.5. The first kappa shape index (κ1) is 20.0. The Kier molecular flexibility index (Phi) is 5.90. The van der Waals surface area contributed by atoms with Gasteiger partial charge in [-0.25, -0.2) is 0 Å². The Morgan fingerprint density at radius 2 is 1.86 bits per heavy atom. The van der Waals surface area contributed by atoms with Crippen molar-refractivity contribution in [1.29, 1.82) is 0 Å². The number of hydrogen-bond donors (Lipinski definition) is 2. The minimum absolute atomic E-state index is 0.170. The van der Waals surface area contributed by atoms with Crippen LogP contribution >= 0.6 is 23.2 Å². The van der Waals surface area contributed by atoms with Crippen molar-refractivity contribution in [3.63, 3.8) is 0 Å². The number of amides is 1. The van der Waals surface area contributed by atoms with E-state index in [9.17, 15) is 4.79 Å². The zero-order valence-electron chi connectivity index (χ0n) is 15.8. The maximum absolute atomic E-state index is 13.0. The van der Waals surface area contributed by atoms with Crippen molar-refractivity contribution in [2.24, 2.45) is 0 Å². The molecule has 2 aromatic carbocycles. The first-order valence-corrected chi connectivity index (χ1v) is 10.2. The molecule has 0 saturated carbocycles. The summed E-state index contributed by atoms with van der Waals surface area (Å²) < 4.78 is 5.57. The lowest BCUT2D eigenvalue weighted by molar-refractivity contribution is 0.0487. The van der Waals surface area contributed by atoms with Gasteiger partial charge in [0.25, 0.3) is 5.91 Å². The topological polar surface area (TPSA) is 67.0 Å². The van der Waals surface area contributed by atoms with Gasteiger partial charge in [-0.15, -0.1) is 0 Å². The highest BCUT2D eigenvalue weighted by Crippen LogP contribution is 2.35. The van der Waals surface area contributed by atoms with Crippen LogP contribution in [0.25, 0.3) is 11.3 Å². The number of ether oxygens (including phenoxy) is 1. The fourth-order valence-electron chi connectivity index (χ4n) is 3.79. The van der Waals surface area contributed by atoms with Gasteiger partial charge >= 0.3 is 0 Å². The zero-order chi connectivity index (χ0) is 20.3. The van der Waals surface area contributed by atoms with Crippen LogP contribution in [0.15, 0.2) is 54.7 Å². The van der Waals surface area contributed by atoms with Crippen molar-refractivity contribution in [3.05, 3.63) is 75.9 Å². The molecule has 1 fully saturated rings. The molecule has 0 radical (unpaired) electrons. The molecule has 0 atom stereocenters. The summed E-state index contributed by atoms with van der Waals surface area (Å²) in [6.45, 7) is 1.81. The fraction of sp³-hybridized carbons (Fsp3) is 0.273. The predicted molar refractivity (Wildman–Crippen MR) is 115 cm³/mol. The van der Waals surface area contributed by atoms with Crippen LogP contribution in [0.1, 0.15) is 28.8 Å². The molecular formula is C22H21Cl2N3O2. The predicted octanol–water partition coefficient (Wildman–Crippen LogP) is 4.86. The number of rotatable bonds is 5. The van der Waals surface area contributed by atoms with E-state index in [2.05, 4.69) is 21.6 Å². The summed E-state index contributed by atoms with van der Waals surface area (Å²) in [6, 6.07) is 15.2. The smallest absolute Gasteiger partial charge is 0.255 e. The molecule has 4 rings (SSSR count). The number of H-pyrrole nitrogens is 1. The van der Waals surface area contributed by atoms with Crippen LogP contribution in [0.4, 0.5) is 0 Å². The number of benzene rings is 2. The molecule has 0 bridgehead atoms. The van der Waals surface area contributed by atoms with E-state index in [1.807, 2.05) is 30.3 Å². The highest BCUT2D eigenvalue weighted by molar-refractivity contribution is 6.30. The second-order valence-corrected chi connectivity index (χ2v) is 8.12. The van der Waals surface area contributed by atoms with Gasteiger partial charge in [-0.2, -0.15) is 5.10 Å². The number of nitrogens with one attached hydrogen (secondary N) is 2. The SMILES string of the molecule is O=C(NCC1(c2cccc(Cl)c2)CCOCC1)c1cn[nH]c1-c1ccc(Cl)cc1. The van der Waals surface area contributed by atoms with Gasteiger partial charge in [0, 0.05) is 40.8 Å². The molecule has 1 amide bonds. The Hall–Kier alpha value is -2.34. The Balaban J connectivity index is 1.55. The Morgan fingerprint density at radius 1 is 1.10 bits per heavy atom. The van der Waals surface area contributed by atoms with Crippen molar-refractivity contribution in [2.45, 2.75) is 18.3 Å². The number of hydrogen-bond acceptors (Lipinski definition) is 3. The lowest BCUT2D eigenvalue weighted by atomic mass is 9.74. The lowest BCUT2D eigenvalue weighted by Crippen LogP contribution is -2.44. The quantitative estimate of drug-likeness (QED) is 0.608. The van der Waals surface area contributed by atoms with Crippen molar-refractivity contribution in [1.82, 2.24) is 15.5 Å². The van der Waals surface area contributed by atoms with Gasteiger partial charge < -0.3 is 10.1 Å². The molecule has 29 heavy (non-hydrogen) atoms. The van der Waals surface area contributed by atoms with E-state index < -0.39 is 0 Å². The maximum Gasteiger partial charge on any atom is 0.255 e. The number of aromatic amines is 1. The van der Waals surface area contributed by atoms with Crippen LogP contribution in [0, 0.1) is 0 Å². The van der Waals surface area contributed by atoms with Crippen LogP contribution in [0.3, 0.4) is 0 Å². The normalized spacial score (nSPS) is 15.8. The summed E-state index contributed by atoms with van der Waals surface area (Å²) in [5, 5.41) is 11.4. The largest absolute Gasteiger partial charge is 0.381 e. The molecule has 1 aliphatic rings. The molecule has 1 saturated heterocycles. The third-order valence-electron chi connectivity index (χ3n) is 5.49. The minimum atomic E-state index is -0.205. The first-order valence-electron chi connectivity index (χ1n) is 9.49. The summed E-state index contributed by atoms with van der Waals surface area (Å²) in [5.41, 5.74) is 2.94. The molecule has 150 valence electrons. The van der Waals surface area contributed by atoms with Crippen LogP contribution in [0.5, 0.6) is 0 Å². The number of nitrogens with zero attached hydrogens (tertiary/aromatic N) is 1. The molecule has 0 unspecified atom stereocenters.